The van der Waals surface area contributed by atoms with Gasteiger partial charge in [0.15, 0.2) is 11.5 Å². The Morgan fingerprint density at radius 2 is 1.94 bits per heavy atom. The summed E-state index contributed by atoms with van der Waals surface area (Å²) in [6, 6.07) is 4.23. The van der Waals surface area contributed by atoms with Crippen molar-refractivity contribution in [1.29, 1.82) is 0 Å². The smallest absolute Gasteiger partial charge is 0.179 e. The lowest BCUT2D eigenvalue weighted by molar-refractivity contribution is 0.338. The molecule has 1 aliphatic rings. The standard InChI is InChI=1S/C13H18ClNO2/c1-16-12-9(11-5-3-4-8-15-11)6-7-10(14)13(12)17-2/h6-7,11,15H,3-5,8H2,1-2H3. The molecule has 2 rings (SSSR count). The van der Waals surface area contributed by atoms with Crippen molar-refractivity contribution >= 4 is 11.6 Å². The molecule has 0 aromatic heterocycles. The molecule has 1 fully saturated rings. The second-order valence-electron chi connectivity index (χ2n) is 4.21. The fraction of sp³-hybridized carbons (Fsp3) is 0.538. The third-order valence-corrected chi connectivity index (χ3v) is 3.49. The summed E-state index contributed by atoms with van der Waals surface area (Å²) in [6.07, 6.45) is 3.61. The van der Waals surface area contributed by atoms with Crippen LogP contribution in [0.5, 0.6) is 11.5 Å². The second-order valence-corrected chi connectivity index (χ2v) is 4.61. The fourth-order valence-corrected chi connectivity index (χ4v) is 2.57. The number of nitrogens with one attached hydrogen (secondary N) is 1. The maximum atomic E-state index is 6.09. The van der Waals surface area contributed by atoms with E-state index in [1.165, 1.54) is 12.8 Å². The van der Waals surface area contributed by atoms with Crippen LogP contribution in [0, 0.1) is 0 Å². The average molecular weight is 256 g/mol. The lowest BCUT2D eigenvalue weighted by Gasteiger charge is -2.26. The Morgan fingerprint density at radius 3 is 2.53 bits per heavy atom. The van der Waals surface area contributed by atoms with Crippen LogP contribution in [0.1, 0.15) is 30.9 Å². The topological polar surface area (TPSA) is 30.5 Å². The van der Waals surface area contributed by atoms with Crippen LogP contribution in [0.25, 0.3) is 0 Å². The van der Waals surface area contributed by atoms with E-state index in [1.54, 1.807) is 14.2 Å². The highest BCUT2D eigenvalue weighted by Crippen LogP contribution is 2.41. The van der Waals surface area contributed by atoms with Crippen molar-refractivity contribution in [1.82, 2.24) is 5.32 Å². The summed E-state index contributed by atoms with van der Waals surface area (Å²) < 4.78 is 10.8. The molecule has 4 heteroatoms. The molecule has 0 saturated carbocycles. The highest BCUT2D eigenvalue weighted by Gasteiger charge is 2.22. The van der Waals surface area contributed by atoms with E-state index in [2.05, 4.69) is 5.32 Å². The SMILES string of the molecule is COc1c(Cl)ccc(C2CCCCN2)c1OC. The zero-order chi connectivity index (χ0) is 12.3. The molecule has 1 N–H and O–H groups in total. The summed E-state index contributed by atoms with van der Waals surface area (Å²) >= 11 is 6.09. The van der Waals surface area contributed by atoms with E-state index >= 15 is 0 Å². The van der Waals surface area contributed by atoms with Gasteiger partial charge in [-0.15, -0.1) is 0 Å². The van der Waals surface area contributed by atoms with Crippen molar-refractivity contribution in [2.45, 2.75) is 25.3 Å². The molecule has 0 spiro atoms. The number of hydrogen-bond donors (Lipinski definition) is 1. The van der Waals surface area contributed by atoms with Crippen LogP contribution in [0.3, 0.4) is 0 Å². The minimum atomic E-state index is 0.338. The van der Waals surface area contributed by atoms with Gasteiger partial charge < -0.3 is 14.8 Å². The maximum Gasteiger partial charge on any atom is 0.179 e. The molecule has 0 radical (unpaired) electrons. The van der Waals surface area contributed by atoms with Crippen molar-refractivity contribution in [3.63, 3.8) is 0 Å². The quantitative estimate of drug-likeness (QED) is 0.900. The third-order valence-electron chi connectivity index (χ3n) is 3.19. The van der Waals surface area contributed by atoms with Gasteiger partial charge in [0.2, 0.25) is 0 Å². The predicted molar refractivity (Wildman–Crippen MR) is 69.2 cm³/mol. The number of rotatable bonds is 3. The van der Waals surface area contributed by atoms with Crippen LogP contribution in [-0.4, -0.2) is 20.8 Å². The van der Waals surface area contributed by atoms with Gasteiger partial charge in [0.05, 0.1) is 19.2 Å². The molecular weight excluding hydrogens is 238 g/mol. The van der Waals surface area contributed by atoms with Gasteiger partial charge in [-0.1, -0.05) is 24.1 Å². The van der Waals surface area contributed by atoms with E-state index in [0.29, 0.717) is 16.8 Å². The summed E-state index contributed by atoms with van der Waals surface area (Å²) in [5.74, 6) is 1.37. The van der Waals surface area contributed by atoms with Gasteiger partial charge in [-0.25, -0.2) is 0 Å². The number of hydrogen-bond acceptors (Lipinski definition) is 3. The molecule has 1 aromatic rings. The van der Waals surface area contributed by atoms with E-state index in [1.807, 2.05) is 12.1 Å². The van der Waals surface area contributed by atoms with E-state index in [9.17, 15) is 0 Å². The Bertz CT molecular complexity index is 389. The zero-order valence-corrected chi connectivity index (χ0v) is 11.0. The monoisotopic (exact) mass is 255 g/mol. The van der Waals surface area contributed by atoms with E-state index < -0.39 is 0 Å². The van der Waals surface area contributed by atoms with Gasteiger partial charge >= 0.3 is 0 Å². The van der Waals surface area contributed by atoms with Crippen molar-refractivity contribution in [3.8, 4) is 11.5 Å². The number of methoxy groups -OCH3 is 2. The Labute approximate surface area is 107 Å². The third kappa shape index (κ3) is 2.50. The Kier molecular flexibility index (Phi) is 4.13. The van der Waals surface area contributed by atoms with E-state index in [4.69, 9.17) is 21.1 Å². The summed E-state index contributed by atoms with van der Waals surface area (Å²) in [4.78, 5) is 0. The van der Waals surface area contributed by atoms with Gasteiger partial charge in [0.25, 0.3) is 0 Å². The van der Waals surface area contributed by atoms with Crippen LogP contribution < -0.4 is 14.8 Å². The van der Waals surface area contributed by atoms with Crippen molar-refractivity contribution in [2.24, 2.45) is 0 Å². The molecule has 0 aliphatic carbocycles. The van der Waals surface area contributed by atoms with Gasteiger partial charge in [0.1, 0.15) is 0 Å². The highest BCUT2D eigenvalue weighted by molar-refractivity contribution is 6.32. The first-order valence-electron chi connectivity index (χ1n) is 5.91. The number of ether oxygens (including phenoxy) is 2. The molecule has 1 aromatic carbocycles. The largest absolute Gasteiger partial charge is 0.492 e. The average Bonchev–Trinajstić information content (AvgIpc) is 2.39. The Morgan fingerprint density at radius 1 is 1.18 bits per heavy atom. The minimum absolute atomic E-state index is 0.338. The minimum Gasteiger partial charge on any atom is -0.492 e. The Balaban J connectivity index is 2.38. The van der Waals surface area contributed by atoms with Crippen LogP contribution in [0.2, 0.25) is 5.02 Å². The van der Waals surface area contributed by atoms with Crippen LogP contribution in [-0.2, 0) is 0 Å². The molecule has 3 nitrogen and oxygen atoms in total. The predicted octanol–water partition coefficient (Wildman–Crippen LogP) is 3.17. The normalized spacial score (nSPS) is 20.1. The molecule has 0 bridgehead atoms. The molecule has 1 unspecified atom stereocenters. The van der Waals surface area contributed by atoms with Crippen molar-refractivity contribution in [2.75, 3.05) is 20.8 Å². The summed E-state index contributed by atoms with van der Waals surface area (Å²) in [5, 5.41) is 4.09. The molecule has 1 aliphatic heterocycles. The molecule has 1 heterocycles. The van der Waals surface area contributed by atoms with Gasteiger partial charge in [-0.05, 0) is 25.5 Å². The van der Waals surface area contributed by atoms with Gasteiger partial charge in [-0.3, -0.25) is 0 Å². The summed E-state index contributed by atoms with van der Waals surface area (Å²) in [7, 11) is 3.27. The second kappa shape index (κ2) is 5.61. The van der Waals surface area contributed by atoms with E-state index in [0.717, 1.165) is 24.3 Å². The highest BCUT2D eigenvalue weighted by atomic mass is 35.5. The van der Waals surface area contributed by atoms with Crippen LogP contribution in [0.15, 0.2) is 12.1 Å². The van der Waals surface area contributed by atoms with E-state index in [-0.39, 0.29) is 0 Å². The maximum absolute atomic E-state index is 6.09. The first-order chi connectivity index (χ1) is 8.27. The summed E-state index contributed by atoms with van der Waals surface area (Å²) in [6.45, 7) is 1.05. The van der Waals surface area contributed by atoms with Gasteiger partial charge in [-0.2, -0.15) is 0 Å². The Hall–Kier alpha value is -0.930. The first kappa shape index (κ1) is 12.5. The molecule has 94 valence electrons. The van der Waals surface area contributed by atoms with Gasteiger partial charge in [0, 0.05) is 11.6 Å². The summed E-state index contributed by atoms with van der Waals surface area (Å²) in [5.41, 5.74) is 1.13. The molecule has 17 heavy (non-hydrogen) atoms. The van der Waals surface area contributed by atoms with Crippen LogP contribution in [0.4, 0.5) is 0 Å². The molecule has 0 amide bonds. The van der Waals surface area contributed by atoms with Crippen molar-refractivity contribution in [3.05, 3.63) is 22.7 Å². The lowest BCUT2D eigenvalue weighted by atomic mass is 9.96. The lowest BCUT2D eigenvalue weighted by Crippen LogP contribution is -2.27. The van der Waals surface area contributed by atoms with Crippen LogP contribution >= 0.6 is 11.6 Å². The first-order valence-corrected chi connectivity index (χ1v) is 6.29. The van der Waals surface area contributed by atoms with Crippen molar-refractivity contribution < 1.29 is 9.47 Å². The fourth-order valence-electron chi connectivity index (χ4n) is 2.35. The molecular formula is C13H18ClNO2. The number of piperidine rings is 1. The number of halogens is 1. The number of benzene rings is 1. The zero-order valence-electron chi connectivity index (χ0n) is 10.3. The molecule has 1 saturated heterocycles. The molecule has 1 atom stereocenters.